The van der Waals surface area contributed by atoms with Crippen LogP contribution in [0.15, 0.2) is 0 Å². The highest BCUT2D eigenvalue weighted by Gasteiger charge is 2.32. The highest BCUT2D eigenvalue weighted by molar-refractivity contribution is 5.79. The molecule has 0 bridgehead atoms. The zero-order valence-electron chi connectivity index (χ0n) is 10.7. The molecule has 2 unspecified atom stereocenters. The summed E-state index contributed by atoms with van der Waals surface area (Å²) < 4.78 is 5.26. The van der Waals surface area contributed by atoms with Gasteiger partial charge < -0.3 is 14.7 Å². The number of piperidine rings is 1. The van der Waals surface area contributed by atoms with Crippen molar-refractivity contribution in [2.45, 2.75) is 45.8 Å². The Morgan fingerprint density at radius 2 is 2.06 bits per heavy atom. The molecule has 5 heteroatoms. The minimum absolute atomic E-state index is 0.00863. The van der Waals surface area contributed by atoms with Crippen LogP contribution in [-0.4, -0.2) is 47.2 Å². The van der Waals surface area contributed by atoms with Gasteiger partial charge in [0.05, 0.1) is 12.0 Å². The highest BCUT2D eigenvalue weighted by Crippen LogP contribution is 2.22. The maximum atomic E-state index is 11.9. The van der Waals surface area contributed by atoms with E-state index in [4.69, 9.17) is 9.84 Å². The molecule has 2 atom stereocenters. The number of ether oxygens (including phenoxy) is 1. The van der Waals surface area contributed by atoms with Gasteiger partial charge >= 0.3 is 5.97 Å². The lowest BCUT2D eigenvalue weighted by atomic mass is 9.93. The first-order valence-corrected chi connectivity index (χ1v) is 6.05. The van der Waals surface area contributed by atoms with Gasteiger partial charge in [0.15, 0.2) is 0 Å². The summed E-state index contributed by atoms with van der Waals surface area (Å²) in [6.07, 6.45) is 1.39. The first-order valence-electron chi connectivity index (χ1n) is 6.05. The molecule has 1 N–H and O–H groups in total. The zero-order valence-corrected chi connectivity index (χ0v) is 10.7. The molecule has 1 amide bonds. The van der Waals surface area contributed by atoms with Gasteiger partial charge in [-0.25, -0.2) is 0 Å². The molecule has 1 rings (SSSR count). The van der Waals surface area contributed by atoms with E-state index in [0.717, 1.165) is 6.42 Å². The van der Waals surface area contributed by atoms with Crippen molar-refractivity contribution in [2.24, 2.45) is 5.92 Å². The summed E-state index contributed by atoms with van der Waals surface area (Å²) >= 11 is 0. The number of carboxylic acids is 1. The van der Waals surface area contributed by atoms with Crippen LogP contribution in [0.2, 0.25) is 0 Å². The van der Waals surface area contributed by atoms with Crippen LogP contribution < -0.4 is 0 Å². The summed E-state index contributed by atoms with van der Waals surface area (Å²) in [6, 6.07) is 0.105. The quantitative estimate of drug-likeness (QED) is 0.803. The fourth-order valence-corrected chi connectivity index (χ4v) is 1.98. The SMILES string of the molecule is CC(C)OCC(=O)N1CC(C(=O)O)CCC1C. The number of carbonyl (C=O) groups excluding carboxylic acids is 1. The molecule has 0 aromatic heterocycles. The van der Waals surface area contributed by atoms with Gasteiger partial charge in [0.1, 0.15) is 6.61 Å². The number of carboxylic acid groups (broad SMARTS) is 1. The average molecular weight is 243 g/mol. The number of likely N-dealkylation sites (tertiary alicyclic amines) is 1. The lowest BCUT2D eigenvalue weighted by Crippen LogP contribution is -2.48. The first-order chi connectivity index (χ1) is 7.91. The zero-order chi connectivity index (χ0) is 13.0. The van der Waals surface area contributed by atoms with Crippen LogP contribution in [-0.2, 0) is 14.3 Å². The van der Waals surface area contributed by atoms with E-state index < -0.39 is 11.9 Å². The van der Waals surface area contributed by atoms with Crippen molar-refractivity contribution in [3.63, 3.8) is 0 Å². The molecule has 0 radical (unpaired) electrons. The molecule has 1 aliphatic rings. The number of hydrogen-bond donors (Lipinski definition) is 1. The summed E-state index contributed by atoms with van der Waals surface area (Å²) in [5, 5.41) is 8.97. The van der Waals surface area contributed by atoms with Gasteiger partial charge in [-0.15, -0.1) is 0 Å². The summed E-state index contributed by atoms with van der Waals surface area (Å²) in [5.41, 5.74) is 0. The van der Waals surface area contributed by atoms with Gasteiger partial charge in [0, 0.05) is 12.6 Å². The topological polar surface area (TPSA) is 66.8 Å². The van der Waals surface area contributed by atoms with Crippen molar-refractivity contribution in [3.8, 4) is 0 Å². The normalized spacial score (nSPS) is 25.1. The number of nitrogens with zero attached hydrogens (tertiary/aromatic N) is 1. The molecule has 1 saturated heterocycles. The summed E-state index contributed by atoms with van der Waals surface area (Å²) in [7, 11) is 0. The van der Waals surface area contributed by atoms with E-state index in [1.165, 1.54) is 0 Å². The molecule has 0 aromatic carbocycles. The van der Waals surface area contributed by atoms with Crippen molar-refractivity contribution in [1.82, 2.24) is 4.90 Å². The van der Waals surface area contributed by atoms with Gasteiger partial charge in [-0.3, -0.25) is 9.59 Å². The molecule has 5 nitrogen and oxygen atoms in total. The molecule has 1 fully saturated rings. The van der Waals surface area contributed by atoms with E-state index in [9.17, 15) is 9.59 Å². The van der Waals surface area contributed by atoms with Gasteiger partial charge in [-0.2, -0.15) is 0 Å². The number of hydrogen-bond acceptors (Lipinski definition) is 3. The first kappa shape index (κ1) is 14.0. The minimum atomic E-state index is -0.820. The Bertz CT molecular complexity index is 290. The van der Waals surface area contributed by atoms with Crippen LogP contribution in [0.25, 0.3) is 0 Å². The third-order valence-corrected chi connectivity index (χ3v) is 3.09. The van der Waals surface area contributed by atoms with Crippen LogP contribution in [0.3, 0.4) is 0 Å². The smallest absolute Gasteiger partial charge is 0.308 e. The molecule has 0 saturated carbocycles. The van der Waals surface area contributed by atoms with Crippen LogP contribution in [0.4, 0.5) is 0 Å². The van der Waals surface area contributed by atoms with Crippen LogP contribution in [0, 0.1) is 5.92 Å². The second-order valence-electron chi connectivity index (χ2n) is 4.87. The second-order valence-corrected chi connectivity index (χ2v) is 4.87. The molecule has 0 aromatic rings. The fourth-order valence-electron chi connectivity index (χ4n) is 1.98. The monoisotopic (exact) mass is 243 g/mol. The summed E-state index contributed by atoms with van der Waals surface area (Å²) in [6.45, 7) is 6.02. The number of carbonyl (C=O) groups is 2. The Morgan fingerprint density at radius 1 is 1.41 bits per heavy atom. The van der Waals surface area contributed by atoms with Crippen molar-refractivity contribution >= 4 is 11.9 Å². The van der Waals surface area contributed by atoms with E-state index in [-0.39, 0.29) is 24.7 Å². The lowest BCUT2D eigenvalue weighted by Gasteiger charge is -2.36. The molecule has 1 heterocycles. The summed E-state index contributed by atoms with van der Waals surface area (Å²) in [4.78, 5) is 24.4. The van der Waals surface area contributed by atoms with Gasteiger partial charge in [-0.05, 0) is 33.6 Å². The van der Waals surface area contributed by atoms with E-state index in [0.29, 0.717) is 13.0 Å². The van der Waals surface area contributed by atoms with Crippen molar-refractivity contribution in [2.75, 3.05) is 13.2 Å². The second kappa shape index (κ2) is 6.00. The Kier molecular flexibility index (Phi) is 4.93. The maximum absolute atomic E-state index is 11.9. The Morgan fingerprint density at radius 3 is 2.59 bits per heavy atom. The van der Waals surface area contributed by atoms with E-state index in [2.05, 4.69) is 0 Å². The Hall–Kier alpha value is -1.10. The van der Waals surface area contributed by atoms with E-state index >= 15 is 0 Å². The third-order valence-electron chi connectivity index (χ3n) is 3.09. The predicted molar refractivity (Wildman–Crippen MR) is 62.6 cm³/mol. The average Bonchev–Trinajstić information content (AvgIpc) is 2.26. The van der Waals surface area contributed by atoms with Crippen LogP contribution in [0.1, 0.15) is 33.6 Å². The van der Waals surface area contributed by atoms with Crippen molar-refractivity contribution in [1.29, 1.82) is 0 Å². The van der Waals surface area contributed by atoms with Gasteiger partial charge in [0.25, 0.3) is 0 Å². The number of rotatable bonds is 4. The predicted octanol–water partition coefficient (Wildman–Crippen LogP) is 1.12. The van der Waals surface area contributed by atoms with Gasteiger partial charge in [0.2, 0.25) is 5.91 Å². The molecular formula is C12H21NO4. The van der Waals surface area contributed by atoms with Crippen LogP contribution in [0.5, 0.6) is 0 Å². The molecule has 98 valence electrons. The Labute approximate surface area is 102 Å². The van der Waals surface area contributed by atoms with Crippen molar-refractivity contribution < 1.29 is 19.4 Å². The van der Waals surface area contributed by atoms with E-state index in [1.807, 2.05) is 20.8 Å². The molecule has 1 aliphatic heterocycles. The largest absolute Gasteiger partial charge is 0.481 e. The molecule has 0 aliphatic carbocycles. The maximum Gasteiger partial charge on any atom is 0.308 e. The Balaban J connectivity index is 2.54. The number of amides is 1. The molecule has 0 spiro atoms. The standard InChI is InChI=1S/C12H21NO4/c1-8(2)17-7-11(14)13-6-10(12(15)16)5-4-9(13)3/h8-10H,4-7H2,1-3H3,(H,15,16). The lowest BCUT2D eigenvalue weighted by molar-refractivity contribution is -0.149. The molecular weight excluding hydrogens is 222 g/mol. The molecule has 17 heavy (non-hydrogen) atoms. The van der Waals surface area contributed by atoms with Crippen LogP contribution >= 0.6 is 0 Å². The van der Waals surface area contributed by atoms with Crippen molar-refractivity contribution in [3.05, 3.63) is 0 Å². The fraction of sp³-hybridized carbons (Fsp3) is 0.833. The minimum Gasteiger partial charge on any atom is -0.481 e. The van der Waals surface area contributed by atoms with Gasteiger partial charge in [-0.1, -0.05) is 0 Å². The number of aliphatic carboxylic acids is 1. The van der Waals surface area contributed by atoms with E-state index in [1.54, 1.807) is 4.90 Å². The summed E-state index contributed by atoms with van der Waals surface area (Å²) in [5.74, 6) is -1.37. The highest BCUT2D eigenvalue weighted by atomic mass is 16.5. The third kappa shape index (κ3) is 4.00.